The Morgan fingerprint density at radius 1 is 1.33 bits per heavy atom. The van der Waals surface area contributed by atoms with Gasteiger partial charge in [0.15, 0.2) is 0 Å². The molecule has 0 bridgehead atoms. The van der Waals surface area contributed by atoms with E-state index in [1.807, 2.05) is 31.2 Å². The molecule has 140 valence electrons. The van der Waals surface area contributed by atoms with Crippen LogP contribution in [0.4, 0.5) is 0 Å². The number of amides is 1. The van der Waals surface area contributed by atoms with Gasteiger partial charge in [0, 0.05) is 23.5 Å². The molecule has 0 spiro atoms. The van der Waals surface area contributed by atoms with Crippen molar-refractivity contribution in [3.05, 3.63) is 74.8 Å². The average Bonchev–Trinajstić information content (AvgIpc) is 3.14. The van der Waals surface area contributed by atoms with Crippen molar-refractivity contribution in [2.75, 3.05) is 7.11 Å². The van der Waals surface area contributed by atoms with Gasteiger partial charge in [-0.1, -0.05) is 12.1 Å². The number of carbonyl (C=O) groups is 1. The van der Waals surface area contributed by atoms with Crippen LogP contribution in [0.3, 0.4) is 0 Å². The Morgan fingerprint density at radius 3 is 2.85 bits per heavy atom. The third-order valence-electron chi connectivity index (χ3n) is 4.06. The van der Waals surface area contributed by atoms with Crippen molar-refractivity contribution < 1.29 is 9.53 Å². The number of para-hydroxylation sites is 2. The third-order valence-corrected chi connectivity index (χ3v) is 4.06. The van der Waals surface area contributed by atoms with E-state index in [2.05, 4.69) is 20.4 Å². The van der Waals surface area contributed by atoms with Crippen LogP contribution in [0, 0.1) is 0 Å². The van der Waals surface area contributed by atoms with E-state index in [0.717, 1.165) is 11.3 Å². The van der Waals surface area contributed by atoms with Gasteiger partial charge in [-0.05, 0) is 19.1 Å². The fraction of sp³-hybridized carbons (Fsp3) is 0.222. The highest BCUT2D eigenvalue weighted by molar-refractivity contribution is 5.78. The number of aromatic amines is 2. The zero-order valence-electron chi connectivity index (χ0n) is 14.9. The summed E-state index contributed by atoms with van der Waals surface area (Å²) in [5.41, 5.74) is 0.574. The second-order valence-electron chi connectivity index (χ2n) is 5.95. The number of hydrogen-bond acceptors (Lipinski definition) is 5. The van der Waals surface area contributed by atoms with Gasteiger partial charge in [0.05, 0.1) is 25.8 Å². The smallest absolute Gasteiger partial charge is 0.325 e. The minimum absolute atomic E-state index is 0.142. The Bertz CT molecular complexity index is 1070. The Hall–Kier alpha value is -3.62. The van der Waals surface area contributed by atoms with E-state index < -0.39 is 11.2 Å². The first-order valence-electron chi connectivity index (χ1n) is 8.26. The molecule has 1 aromatic carbocycles. The second-order valence-corrected chi connectivity index (χ2v) is 5.95. The summed E-state index contributed by atoms with van der Waals surface area (Å²) in [6.07, 6.45) is 4.56. The number of aromatic nitrogens is 4. The number of benzene rings is 1. The van der Waals surface area contributed by atoms with Gasteiger partial charge in [0.2, 0.25) is 5.91 Å². The van der Waals surface area contributed by atoms with Crippen LogP contribution in [-0.2, 0) is 11.2 Å². The van der Waals surface area contributed by atoms with Crippen LogP contribution < -0.4 is 21.3 Å². The van der Waals surface area contributed by atoms with E-state index in [9.17, 15) is 14.4 Å². The minimum atomic E-state index is -0.610. The quantitative estimate of drug-likeness (QED) is 0.590. The maximum atomic E-state index is 12.2. The zero-order chi connectivity index (χ0) is 19.4. The summed E-state index contributed by atoms with van der Waals surface area (Å²) in [6, 6.07) is 7.15. The van der Waals surface area contributed by atoms with Crippen LogP contribution in [0.1, 0.15) is 24.1 Å². The average molecular weight is 369 g/mol. The zero-order valence-corrected chi connectivity index (χ0v) is 14.9. The molecule has 0 aliphatic rings. The van der Waals surface area contributed by atoms with Crippen LogP contribution >= 0.6 is 0 Å². The molecule has 9 nitrogen and oxygen atoms in total. The van der Waals surface area contributed by atoms with Crippen molar-refractivity contribution in [3.8, 4) is 11.4 Å². The minimum Gasteiger partial charge on any atom is -0.494 e. The number of nitrogens with zero attached hydrogens (tertiary/aromatic N) is 2. The topological polar surface area (TPSA) is 122 Å². The van der Waals surface area contributed by atoms with Crippen molar-refractivity contribution in [1.29, 1.82) is 0 Å². The van der Waals surface area contributed by atoms with Crippen LogP contribution in [0.15, 0.2) is 52.4 Å². The molecule has 1 atom stereocenters. The number of hydrogen-bond donors (Lipinski definition) is 3. The highest BCUT2D eigenvalue weighted by atomic mass is 16.5. The van der Waals surface area contributed by atoms with Crippen molar-refractivity contribution in [3.63, 3.8) is 0 Å². The van der Waals surface area contributed by atoms with Gasteiger partial charge in [0.1, 0.15) is 11.4 Å². The van der Waals surface area contributed by atoms with Crippen LogP contribution in [0.5, 0.6) is 5.75 Å². The number of H-pyrrole nitrogens is 2. The predicted octanol–water partition coefficient (Wildman–Crippen LogP) is 0.677. The van der Waals surface area contributed by atoms with Gasteiger partial charge in [0.25, 0.3) is 5.56 Å². The molecule has 27 heavy (non-hydrogen) atoms. The van der Waals surface area contributed by atoms with Crippen LogP contribution in [-0.4, -0.2) is 32.8 Å². The number of nitrogens with one attached hydrogen (secondary N) is 3. The molecule has 0 unspecified atom stereocenters. The number of methoxy groups -OCH3 is 1. The number of rotatable bonds is 6. The molecule has 3 aromatic rings. The van der Waals surface area contributed by atoms with Gasteiger partial charge in [-0.15, -0.1) is 0 Å². The molecule has 0 aliphatic heterocycles. The lowest BCUT2D eigenvalue weighted by Crippen LogP contribution is -2.32. The summed E-state index contributed by atoms with van der Waals surface area (Å²) in [7, 11) is 1.59. The van der Waals surface area contributed by atoms with E-state index in [4.69, 9.17) is 4.74 Å². The Morgan fingerprint density at radius 2 is 2.11 bits per heavy atom. The first-order valence-corrected chi connectivity index (χ1v) is 8.26. The van der Waals surface area contributed by atoms with E-state index in [1.165, 1.54) is 6.20 Å². The van der Waals surface area contributed by atoms with Crippen molar-refractivity contribution >= 4 is 5.91 Å². The van der Waals surface area contributed by atoms with Gasteiger partial charge < -0.3 is 15.0 Å². The maximum absolute atomic E-state index is 12.2. The normalized spacial score (nSPS) is 11.8. The Balaban J connectivity index is 1.70. The third kappa shape index (κ3) is 4.14. The summed E-state index contributed by atoms with van der Waals surface area (Å²) in [5.74, 6) is 0.339. The first-order chi connectivity index (χ1) is 13.0. The monoisotopic (exact) mass is 369 g/mol. The van der Waals surface area contributed by atoms with Crippen LogP contribution in [0.25, 0.3) is 5.69 Å². The summed E-state index contributed by atoms with van der Waals surface area (Å²) in [4.78, 5) is 39.3. The predicted molar refractivity (Wildman–Crippen MR) is 98.1 cm³/mol. The lowest BCUT2D eigenvalue weighted by atomic mass is 10.1. The van der Waals surface area contributed by atoms with Crippen molar-refractivity contribution in [2.45, 2.75) is 19.4 Å². The molecule has 2 aromatic heterocycles. The summed E-state index contributed by atoms with van der Waals surface area (Å²) < 4.78 is 7.00. The van der Waals surface area contributed by atoms with Gasteiger partial charge in [-0.3, -0.25) is 14.6 Å². The number of ether oxygens (including phenoxy) is 1. The van der Waals surface area contributed by atoms with Gasteiger partial charge >= 0.3 is 5.69 Å². The van der Waals surface area contributed by atoms with Gasteiger partial charge in [-0.2, -0.15) is 5.10 Å². The van der Waals surface area contributed by atoms with Crippen LogP contribution in [0.2, 0.25) is 0 Å². The lowest BCUT2D eigenvalue weighted by Gasteiger charge is -2.12. The molecule has 3 N–H and O–H groups in total. The van der Waals surface area contributed by atoms with E-state index in [-0.39, 0.29) is 23.9 Å². The summed E-state index contributed by atoms with van der Waals surface area (Å²) in [6.45, 7) is 1.82. The molecule has 0 aliphatic carbocycles. The molecule has 3 rings (SSSR count). The van der Waals surface area contributed by atoms with Crippen molar-refractivity contribution in [1.82, 2.24) is 25.1 Å². The standard InChI is InChI=1S/C18H19N5O4/c1-11(21-16(24)7-12-8-19-18(26)22-17(12)25)13-9-20-23(10-13)14-5-3-4-6-15(14)27-2/h3-6,8-11H,7H2,1-2H3,(H,21,24)(H2,19,22,25,26)/t11-/m1/s1. The highest BCUT2D eigenvalue weighted by Crippen LogP contribution is 2.22. The largest absolute Gasteiger partial charge is 0.494 e. The first kappa shape index (κ1) is 18.2. The molecule has 0 fully saturated rings. The number of carbonyl (C=O) groups excluding carboxylic acids is 1. The second kappa shape index (κ2) is 7.73. The Labute approximate surface area is 154 Å². The van der Waals surface area contributed by atoms with E-state index in [0.29, 0.717) is 5.75 Å². The molecule has 0 radical (unpaired) electrons. The fourth-order valence-electron chi connectivity index (χ4n) is 2.63. The molecule has 2 heterocycles. The molecule has 0 saturated heterocycles. The SMILES string of the molecule is COc1ccccc1-n1cc([C@@H](C)NC(=O)Cc2c[nH]c(=O)[nH]c2=O)cn1. The maximum Gasteiger partial charge on any atom is 0.325 e. The molecule has 0 saturated carbocycles. The fourth-order valence-corrected chi connectivity index (χ4v) is 2.63. The summed E-state index contributed by atoms with van der Waals surface area (Å²) in [5, 5.41) is 7.13. The van der Waals surface area contributed by atoms with Crippen molar-refractivity contribution in [2.24, 2.45) is 0 Å². The molecular formula is C18H19N5O4. The van der Waals surface area contributed by atoms with E-state index >= 15 is 0 Å². The highest BCUT2D eigenvalue weighted by Gasteiger charge is 2.15. The summed E-state index contributed by atoms with van der Waals surface area (Å²) >= 11 is 0. The molecular weight excluding hydrogens is 350 g/mol. The molecule has 9 heteroatoms. The van der Waals surface area contributed by atoms with E-state index in [1.54, 1.807) is 24.2 Å². The van der Waals surface area contributed by atoms with Gasteiger partial charge in [-0.25, -0.2) is 9.48 Å². The Kier molecular flexibility index (Phi) is 5.20. The molecule has 1 amide bonds. The lowest BCUT2D eigenvalue weighted by molar-refractivity contribution is -0.121.